The molecule has 132 valence electrons. The molecule has 2 aromatic rings. The van der Waals surface area contributed by atoms with Crippen molar-refractivity contribution >= 4 is 22.6 Å². The second-order valence-corrected chi connectivity index (χ2v) is 5.90. The highest BCUT2D eigenvalue weighted by Gasteiger charge is 2.20. The van der Waals surface area contributed by atoms with E-state index < -0.39 is 17.2 Å². The minimum Gasteiger partial charge on any atom is -0.465 e. The molecular weight excluding hydrogens is 325 g/mol. The molecule has 3 rings (SSSR count). The average molecular weight is 345 g/mol. The van der Waals surface area contributed by atoms with Crippen molar-refractivity contribution in [2.75, 3.05) is 25.1 Å². The predicted octanol–water partition coefficient (Wildman–Crippen LogP) is 2.22. The Bertz CT molecular complexity index is 933. The van der Waals surface area contributed by atoms with Gasteiger partial charge in [-0.05, 0) is 26.0 Å². The molecule has 0 amide bonds. The van der Waals surface area contributed by atoms with Crippen LogP contribution in [-0.2, 0) is 11.3 Å². The SMILES string of the molecule is CCn1cc(C(=O)OC)c(=O)c2cc(F)c(N3C=C(C)NCC3)cc21. The Morgan fingerprint density at radius 1 is 1.40 bits per heavy atom. The van der Waals surface area contributed by atoms with Crippen LogP contribution in [0.15, 0.2) is 35.0 Å². The maximum absolute atomic E-state index is 14.7. The number of pyridine rings is 1. The van der Waals surface area contributed by atoms with Crippen LogP contribution < -0.4 is 15.6 Å². The average Bonchev–Trinajstić information content (AvgIpc) is 2.61. The highest BCUT2D eigenvalue weighted by molar-refractivity contribution is 5.94. The van der Waals surface area contributed by atoms with E-state index in [9.17, 15) is 14.0 Å². The number of aryl methyl sites for hydroxylation is 1. The molecule has 2 heterocycles. The lowest BCUT2D eigenvalue weighted by Crippen LogP contribution is -2.34. The van der Waals surface area contributed by atoms with Crippen molar-refractivity contribution in [1.82, 2.24) is 9.88 Å². The topological polar surface area (TPSA) is 63.6 Å². The van der Waals surface area contributed by atoms with Gasteiger partial charge in [0.15, 0.2) is 0 Å². The van der Waals surface area contributed by atoms with Crippen molar-refractivity contribution in [1.29, 1.82) is 0 Å². The number of rotatable bonds is 3. The van der Waals surface area contributed by atoms with Gasteiger partial charge in [0, 0.05) is 43.1 Å². The van der Waals surface area contributed by atoms with Gasteiger partial charge >= 0.3 is 5.97 Å². The number of nitrogens with one attached hydrogen (secondary N) is 1. The van der Waals surface area contributed by atoms with Crippen LogP contribution in [0.5, 0.6) is 0 Å². The molecule has 7 heteroatoms. The first-order chi connectivity index (χ1) is 12.0. The fraction of sp³-hybridized carbons (Fsp3) is 0.333. The van der Waals surface area contributed by atoms with E-state index in [2.05, 4.69) is 10.1 Å². The number of esters is 1. The largest absolute Gasteiger partial charge is 0.465 e. The molecule has 1 aromatic heterocycles. The first kappa shape index (κ1) is 17.0. The van der Waals surface area contributed by atoms with Gasteiger partial charge < -0.3 is 19.5 Å². The fourth-order valence-electron chi connectivity index (χ4n) is 3.04. The Morgan fingerprint density at radius 2 is 2.16 bits per heavy atom. The first-order valence-electron chi connectivity index (χ1n) is 8.10. The highest BCUT2D eigenvalue weighted by Crippen LogP contribution is 2.26. The molecule has 0 radical (unpaired) electrons. The lowest BCUT2D eigenvalue weighted by Gasteiger charge is -2.27. The molecule has 0 unspecified atom stereocenters. The number of carbonyl (C=O) groups excluding carboxylic acids is 1. The first-order valence-corrected chi connectivity index (χ1v) is 8.10. The minimum absolute atomic E-state index is 0.0955. The van der Waals surface area contributed by atoms with Crippen molar-refractivity contribution < 1.29 is 13.9 Å². The molecule has 1 aliphatic rings. The molecule has 0 saturated carbocycles. The standard InChI is InChI=1S/C18H20FN3O3/c1-4-21-10-13(18(24)25-3)17(23)12-7-14(19)16(8-15(12)21)22-6-5-20-11(2)9-22/h7-10,20H,4-6H2,1-3H3. The summed E-state index contributed by atoms with van der Waals surface area (Å²) in [7, 11) is 1.21. The molecule has 1 aromatic carbocycles. The molecule has 1 N–H and O–H groups in total. The van der Waals surface area contributed by atoms with Crippen LogP contribution in [0.2, 0.25) is 0 Å². The van der Waals surface area contributed by atoms with E-state index in [0.717, 1.165) is 5.70 Å². The van der Waals surface area contributed by atoms with Crippen molar-refractivity contribution in [3.63, 3.8) is 0 Å². The number of ether oxygens (including phenoxy) is 1. The summed E-state index contributed by atoms with van der Waals surface area (Å²) in [6.45, 7) is 5.67. The summed E-state index contributed by atoms with van der Waals surface area (Å²) in [5.74, 6) is -1.22. The van der Waals surface area contributed by atoms with E-state index in [1.807, 2.05) is 24.9 Å². The van der Waals surface area contributed by atoms with Gasteiger partial charge in [0.1, 0.15) is 11.4 Å². The van der Waals surface area contributed by atoms with Crippen molar-refractivity contribution in [3.8, 4) is 0 Å². The number of benzene rings is 1. The predicted molar refractivity (Wildman–Crippen MR) is 94.3 cm³/mol. The van der Waals surface area contributed by atoms with E-state index in [4.69, 9.17) is 0 Å². The quantitative estimate of drug-likeness (QED) is 0.864. The van der Waals surface area contributed by atoms with Gasteiger partial charge in [0.05, 0.1) is 18.3 Å². The number of halogens is 1. The second-order valence-electron chi connectivity index (χ2n) is 5.90. The molecule has 0 bridgehead atoms. The number of methoxy groups -OCH3 is 1. The number of hydrogen-bond acceptors (Lipinski definition) is 5. The molecule has 6 nitrogen and oxygen atoms in total. The number of carbonyl (C=O) groups is 1. The maximum atomic E-state index is 14.7. The van der Waals surface area contributed by atoms with Gasteiger partial charge in [-0.3, -0.25) is 4.79 Å². The van der Waals surface area contributed by atoms with Crippen LogP contribution in [0.3, 0.4) is 0 Å². The van der Waals surface area contributed by atoms with Crippen LogP contribution in [-0.4, -0.2) is 30.7 Å². The van der Waals surface area contributed by atoms with Gasteiger partial charge in [-0.1, -0.05) is 0 Å². The highest BCUT2D eigenvalue weighted by atomic mass is 19.1. The molecule has 1 aliphatic heterocycles. The van der Waals surface area contributed by atoms with Crippen LogP contribution in [0.4, 0.5) is 10.1 Å². The van der Waals surface area contributed by atoms with Gasteiger partial charge in [-0.25, -0.2) is 9.18 Å². The Morgan fingerprint density at radius 3 is 2.80 bits per heavy atom. The second kappa shape index (κ2) is 6.58. The molecule has 0 atom stereocenters. The number of nitrogens with zero attached hydrogens (tertiary/aromatic N) is 2. The molecule has 25 heavy (non-hydrogen) atoms. The number of hydrogen-bond donors (Lipinski definition) is 1. The monoisotopic (exact) mass is 345 g/mol. The number of aromatic nitrogens is 1. The molecule has 0 spiro atoms. The van der Waals surface area contributed by atoms with Crippen LogP contribution in [0, 0.1) is 5.82 Å². The van der Waals surface area contributed by atoms with Crippen molar-refractivity contribution in [3.05, 3.63) is 51.8 Å². The number of anilines is 1. The summed E-state index contributed by atoms with van der Waals surface area (Å²) < 4.78 is 21.1. The molecular formula is C18H20FN3O3. The van der Waals surface area contributed by atoms with Crippen molar-refractivity contribution in [2.24, 2.45) is 0 Å². The minimum atomic E-state index is -0.723. The normalized spacial score (nSPS) is 14.2. The Labute approximate surface area is 144 Å². The van der Waals surface area contributed by atoms with Crippen LogP contribution in [0.1, 0.15) is 24.2 Å². The third kappa shape index (κ3) is 2.97. The Kier molecular flexibility index (Phi) is 4.48. The van der Waals surface area contributed by atoms with Gasteiger partial charge in [-0.2, -0.15) is 0 Å². The van der Waals surface area contributed by atoms with E-state index in [1.165, 1.54) is 19.4 Å². The zero-order valence-corrected chi connectivity index (χ0v) is 14.4. The lowest BCUT2D eigenvalue weighted by atomic mass is 10.1. The summed E-state index contributed by atoms with van der Waals surface area (Å²) in [6, 6.07) is 2.86. The summed E-state index contributed by atoms with van der Waals surface area (Å²) in [5.41, 5.74) is 1.31. The summed E-state index contributed by atoms with van der Waals surface area (Å²) in [5, 5.41) is 3.36. The van der Waals surface area contributed by atoms with Crippen LogP contribution >= 0.6 is 0 Å². The molecule has 0 aliphatic carbocycles. The summed E-state index contributed by atoms with van der Waals surface area (Å²) >= 11 is 0. The Hall–Kier alpha value is -2.83. The summed E-state index contributed by atoms with van der Waals surface area (Å²) in [6.07, 6.45) is 3.31. The number of allylic oxidation sites excluding steroid dienone is 1. The van der Waals surface area contributed by atoms with E-state index in [1.54, 1.807) is 10.6 Å². The number of fused-ring (bicyclic) bond motifs is 1. The van der Waals surface area contributed by atoms with E-state index in [0.29, 0.717) is 30.8 Å². The van der Waals surface area contributed by atoms with Gasteiger partial charge in [0.2, 0.25) is 5.43 Å². The third-order valence-electron chi connectivity index (χ3n) is 4.31. The zero-order valence-electron chi connectivity index (χ0n) is 14.4. The Balaban J connectivity index is 2.25. The smallest absolute Gasteiger partial charge is 0.343 e. The van der Waals surface area contributed by atoms with Crippen molar-refractivity contribution in [2.45, 2.75) is 20.4 Å². The van der Waals surface area contributed by atoms with Gasteiger partial charge in [-0.15, -0.1) is 0 Å². The van der Waals surface area contributed by atoms with Crippen LogP contribution in [0.25, 0.3) is 10.9 Å². The fourth-order valence-corrected chi connectivity index (χ4v) is 3.04. The molecule has 0 fully saturated rings. The van der Waals surface area contributed by atoms with Gasteiger partial charge in [0.25, 0.3) is 0 Å². The lowest BCUT2D eigenvalue weighted by molar-refractivity contribution is 0.0598. The van der Waals surface area contributed by atoms with E-state index >= 15 is 0 Å². The zero-order chi connectivity index (χ0) is 18.1. The molecule has 0 saturated heterocycles. The maximum Gasteiger partial charge on any atom is 0.343 e. The van der Waals surface area contributed by atoms with E-state index in [-0.39, 0.29) is 10.9 Å². The third-order valence-corrected chi connectivity index (χ3v) is 4.31. The summed E-state index contributed by atoms with van der Waals surface area (Å²) in [4.78, 5) is 26.2.